The van der Waals surface area contributed by atoms with Gasteiger partial charge in [0.1, 0.15) is 5.82 Å². The highest BCUT2D eigenvalue weighted by Gasteiger charge is 2.12. The fourth-order valence-electron chi connectivity index (χ4n) is 1.87. The van der Waals surface area contributed by atoms with Gasteiger partial charge in [0.2, 0.25) is 0 Å². The highest BCUT2D eigenvalue weighted by Crippen LogP contribution is 2.19. The predicted octanol–water partition coefficient (Wildman–Crippen LogP) is 2.88. The first-order valence-electron chi connectivity index (χ1n) is 6.89. The second-order valence-corrected chi connectivity index (χ2v) is 4.95. The molecule has 2 unspecified atom stereocenters. The molecule has 104 valence electrons. The Morgan fingerprint density at radius 2 is 2.21 bits per heavy atom. The van der Waals surface area contributed by atoms with Crippen LogP contribution >= 0.6 is 0 Å². The third kappa shape index (κ3) is 4.53. The lowest BCUT2D eigenvalue weighted by molar-refractivity contribution is 0.569. The molecule has 1 aromatic heterocycles. The van der Waals surface area contributed by atoms with E-state index in [1.165, 1.54) is 5.56 Å². The smallest absolute Gasteiger partial charge is 0.128 e. The molecular weight excluding hydrogens is 236 g/mol. The number of aromatic nitrogens is 1. The van der Waals surface area contributed by atoms with Gasteiger partial charge in [-0.1, -0.05) is 6.92 Å². The lowest BCUT2D eigenvalue weighted by Crippen LogP contribution is -2.29. The topological polar surface area (TPSA) is 52.0 Å². The molecule has 1 N–H and O–H groups in total. The van der Waals surface area contributed by atoms with Crippen LogP contribution in [0.3, 0.4) is 0 Å². The molecule has 1 aromatic rings. The molecule has 1 heterocycles. The van der Waals surface area contributed by atoms with Crippen LogP contribution in [0.1, 0.15) is 45.2 Å². The molecule has 0 amide bonds. The first kappa shape index (κ1) is 15.5. The minimum atomic E-state index is 0.173. The maximum atomic E-state index is 8.77. The number of hydrogen-bond donors (Lipinski definition) is 1. The summed E-state index contributed by atoms with van der Waals surface area (Å²) in [4.78, 5) is 6.45. The zero-order valence-electron chi connectivity index (χ0n) is 12.3. The monoisotopic (exact) mass is 260 g/mol. The van der Waals surface area contributed by atoms with Crippen LogP contribution < -0.4 is 10.2 Å². The molecule has 0 saturated heterocycles. The highest BCUT2D eigenvalue weighted by atomic mass is 15.2. The molecule has 19 heavy (non-hydrogen) atoms. The molecule has 0 saturated carbocycles. The van der Waals surface area contributed by atoms with Crippen molar-refractivity contribution < 1.29 is 0 Å². The average molecular weight is 260 g/mol. The maximum Gasteiger partial charge on any atom is 0.128 e. The lowest BCUT2D eigenvalue weighted by atomic mass is 10.1. The minimum absolute atomic E-state index is 0.173. The van der Waals surface area contributed by atoms with E-state index in [0.717, 1.165) is 18.8 Å². The van der Waals surface area contributed by atoms with Crippen LogP contribution in [0.2, 0.25) is 0 Å². The number of nitrogens with zero attached hydrogens (tertiary/aromatic N) is 3. The summed E-state index contributed by atoms with van der Waals surface area (Å²) in [6.45, 7) is 7.37. The predicted molar refractivity (Wildman–Crippen MR) is 79.0 cm³/mol. The van der Waals surface area contributed by atoms with Gasteiger partial charge in [-0.2, -0.15) is 5.26 Å². The van der Waals surface area contributed by atoms with Crippen LogP contribution in [0.5, 0.6) is 0 Å². The van der Waals surface area contributed by atoms with E-state index in [4.69, 9.17) is 5.26 Å². The quantitative estimate of drug-likeness (QED) is 0.819. The van der Waals surface area contributed by atoms with Crippen LogP contribution in [-0.4, -0.2) is 24.6 Å². The Kier molecular flexibility index (Phi) is 6.31. The van der Waals surface area contributed by atoms with Gasteiger partial charge in [-0.3, -0.25) is 0 Å². The summed E-state index contributed by atoms with van der Waals surface area (Å²) in [5, 5.41) is 12.2. The van der Waals surface area contributed by atoms with Crippen molar-refractivity contribution in [1.29, 1.82) is 5.26 Å². The van der Waals surface area contributed by atoms with Gasteiger partial charge in [0.25, 0.3) is 0 Å². The standard InChI is InChI=1S/C15H24N4/c1-5-9-17-13(3)14-7-10-18-15(11-14)19(4)12(2)6-8-16/h7,10-13,17H,5-6,9H2,1-4H3. The molecule has 0 spiro atoms. The van der Waals surface area contributed by atoms with Crippen LogP contribution in [-0.2, 0) is 0 Å². The van der Waals surface area contributed by atoms with Crippen LogP contribution in [0.15, 0.2) is 18.3 Å². The van der Waals surface area contributed by atoms with E-state index in [0.29, 0.717) is 12.5 Å². The van der Waals surface area contributed by atoms with E-state index < -0.39 is 0 Å². The van der Waals surface area contributed by atoms with Gasteiger partial charge in [-0.25, -0.2) is 4.98 Å². The largest absolute Gasteiger partial charge is 0.356 e. The normalized spacial score (nSPS) is 13.6. The Morgan fingerprint density at radius 3 is 2.84 bits per heavy atom. The second-order valence-electron chi connectivity index (χ2n) is 4.95. The zero-order valence-corrected chi connectivity index (χ0v) is 12.3. The molecular formula is C15H24N4. The molecule has 2 atom stereocenters. The van der Waals surface area contributed by atoms with Crippen molar-refractivity contribution in [2.75, 3.05) is 18.5 Å². The van der Waals surface area contributed by atoms with Crippen molar-refractivity contribution in [2.24, 2.45) is 0 Å². The number of nitrogens with one attached hydrogen (secondary N) is 1. The van der Waals surface area contributed by atoms with Gasteiger partial charge in [0, 0.05) is 25.3 Å². The molecule has 4 heteroatoms. The van der Waals surface area contributed by atoms with E-state index in [1.807, 2.05) is 26.2 Å². The summed E-state index contributed by atoms with van der Waals surface area (Å²) in [6, 6.07) is 6.83. The van der Waals surface area contributed by atoms with E-state index >= 15 is 0 Å². The van der Waals surface area contributed by atoms with Crippen molar-refractivity contribution in [1.82, 2.24) is 10.3 Å². The van der Waals surface area contributed by atoms with Crippen molar-refractivity contribution in [3.05, 3.63) is 23.9 Å². The third-order valence-corrected chi connectivity index (χ3v) is 3.38. The summed E-state index contributed by atoms with van der Waals surface area (Å²) in [6.07, 6.45) is 3.47. The van der Waals surface area contributed by atoms with Crippen LogP contribution in [0.4, 0.5) is 5.82 Å². The lowest BCUT2D eigenvalue weighted by Gasteiger charge is -2.25. The second kappa shape index (κ2) is 7.75. The average Bonchev–Trinajstić information content (AvgIpc) is 2.44. The number of rotatable bonds is 7. The Balaban J connectivity index is 2.79. The molecule has 0 aromatic carbocycles. The van der Waals surface area contributed by atoms with Crippen molar-refractivity contribution >= 4 is 5.82 Å². The number of nitriles is 1. The van der Waals surface area contributed by atoms with Crippen LogP contribution in [0.25, 0.3) is 0 Å². The van der Waals surface area contributed by atoms with Gasteiger partial charge >= 0.3 is 0 Å². The van der Waals surface area contributed by atoms with Crippen molar-refractivity contribution in [3.63, 3.8) is 0 Å². The van der Waals surface area contributed by atoms with Crippen LogP contribution in [0, 0.1) is 11.3 Å². The summed E-state index contributed by atoms with van der Waals surface area (Å²) >= 11 is 0. The Morgan fingerprint density at radius 1 is 1.47 bits per heavy atom. The molecule has 0 fully saturated rings. The summed E-state index contributed by atoms with van der Waals surface area (Å²) in [5.74, 6) is 0.922. The number of pyridine rings is 1. The molecule has 0 radical (unpaired) electrons. The van der Waals surface area contributed by atoms with Gasteiger partial charge in [-0.15, -0.1) is 0 Å². The molecule has 1 rings (SSSR count). The Bertz CT molecular complexity index is 424. The van der Waals surface area contributed by atoms with Gasteiger partial charge in [0.15, 0.2) is 0 Å². The van der Waals surface area contributed by atoms with E-state index in [-0.39, 0.29) is 6.04 Å². The number of hydrogen-bond acceptors (Lipinski definition) is 4. The van der Waals surface area contributed by atoms with Gasteiger partial charge in [-0.05, 0) is 44.5 Å². The fourth-order valence-corrected chi connectivity index (χ4v) is 1.87. The Hall–Kier alpha value is -1.60. The molecule has 0 aliphatic rings. The molecule has 0 bridgehead atoms. The summed E-state index contributed by atoms with van der Waals surface area (Å²) in [5.41, 5.74) is 1.23. The van der Waals surface area contributed by atoms with E-state index in [9.17, 15) is 0 Å². The fraction of sp³-hybridized carbons (Fsp3) is 0.600. The van der Waals surface area contributed by atoms with Crippen molar-refractivity contribution in [3.8, 4) is 6.07 Å². The highest BCUT2D eigenvalue weighted by molar-refractivity contribution is 5.42. The summed E-state index contributed by atoms with van der Waals surface area (Å²) in [7, 11) is 1.98. The first-order chi connectivity index (χ1) is 9.10. The first-order valence-corrected chi connectivity index (χ1v) is 6.89. The van der Waals surface area contributed by atoms with Gasteiger partial charge < -0.3 is 10.2 Å². The minimum Gasteiger partial charge on any atom is -0.356 e. The SMILES string of the molecule is CCCNC(C)c1ccnc(N(C)C(C)CC#N)c1. The third-order valence-electron chi connectivity index (χ3n) is 3.38. The summed E-state index contributed by atoms with van der Waals surface area (Å²) < 4.78 is 0. The van der Waals surface area contributed by atoms with Crippen molar-refractivity contribution in [2.45, 2.75) is 45.7 Å². The Labute approximate surface area is 116 Å². The molecule has 4 nitrogen and oxygen atoms in total. The molecule has 0 aliphatic heterocycles. The number of anilines is 1. The van der Waals surface area contributed by atoms with E-state index in [2.05, 4.69) is 41.2 Å². The maximum absolute atomic E-state index is 8.77. The molecule has 0 aliphatic carbocycles. The zero-order chi connectivity index (χ0) is 14.3. The van der Waals surface area contributed by atoms with Gasteiger partial charge in [0.05, 0.1) is 12.5 Å². The van der Waals surface area contributed by atoms with E-state index in [1.54, 1.807) is 0 Å².